The van der Waals surface area contributed by atoms with Gasteiger partial charge in [0, 0.05) is 12.6 Å². The molecule has 25 heavy (non-hydrogen) atoms. The topological polar surface area (TPSA) is 41.1 Å². The maximum atomic E-state index is 14.0. The number of hydrogen-bond acceptors (Lipinski definition) is 2. The molecule has 0 heterocycles. The molecule has 1 amide bonds. The number of hydrogen-bond donors (Lipinski definition) is 2. The predicted molar refractivity (Wildman–Crippen MR) is 92.2 cm³/mol. The Kier molecular flexibility index (Phi) is 6.45. The van der Waals surface area contributed by atoms with Gasteiger partial charge in [0.25, 0.3) is 0 Å². The lowest BCUT2D eigenvalue weighted by Crippen LogP contribution is -2.31. The van der Waals surface area contributed by atoms with Crippen molar-refractivity contribution in [3.63, 3.8) is 0 Å². The predicted octanol–water partition coefficient (Wildman–Crippen LogP) is 4.61. The van der Waals surface area contributed by atoms with Gasteiger partial charge in [-0.1, -0.05) is 36.7 Å². The maximum absolute atomic E-state index is 14.0. The van der Waals surface area contributed by atoms with Crippen LogP contribution in [0.3, 0.4) is 0 Å². The molecule has 2 rings (SSSR count). The Balaban J connectivity index is 2.14. The van der Waals surface area contributed by atoms with E-state index in [0.29, 0.717) is 12.0 Å². The first-order valence-corrected chi connectivity index (χ1v) is 8.09. The summed E-state index contributed by atoms with van der Waals surface area (Å²) in [4.78, 5) is 10.7. The fraction of sp³-hybridized carbons (Fsp3) is 0.278. The molecule has 0 saturated carbocycles. The zero-order valence-electron chi connectivity index (χ0n) is 13.7. The maximum Gasteiger partial charge on any atom is 0.211 e. The van der Waals surface area contributed by atoms with E-state index in [1.54, 1.807) is 13.0 Å². The van der Waals surface area contributed by atoms with Crippen molar-refractivity contribution >= 4 is 23.7 Å². The first-order chi connectivity index (χ1) is 11.9. The molecule has 2 N–H and O–H groups in total. The molecule has 2 aromatic carbocycles. The van der Waals surface area contributed by atoms with Crippen LogP contribution in [0.1, 0.15) is 30.9 Å². The molecule has 0 fully saturated rings. The fourth-order valence-electron chi connectivity index (χ4n) is 2.54. The molecule has 0 aliphatic rings. The van der Waals surface area contributed by atoms with Gasteiger partial charge in [-0.05, 0) is 36.1 Å². The summed E-state index contributed by atoms with van der Waals surface area (Å²) in [6.07, 6.45) is 0.367. The van der Waals surface area contributed by atoms with E-state index < -0.39 is 17.5 Å². The molecule has 134 valence electrons. The lowest BCUT2D eigenvalue weighted by molar-refractivity contribution is -0.105. The molecule has 0 aliphatic carbocycles. The van der Waals surface area contributed by atoms with E-state index in [1.165, 1.54) is 18.2 Å². The second kappa shape index (κ2) is 8.36. The van der Waals surface area contributed by atoms with Crippen molar-refractivity contribution in [2.75, 3.05) is 5.32 Å². The van der Waals surface area contributed by atoms with Crippen LogP contribution in [0.15, 0.2) is 30.3 Å². The third kappa shape index (κ3) is 4.32. The Bertz CT molecular complexity index is 770. The minimum atomic E-state index is -0.895. The van der Waals surface area contributed by atoms with Crippen LogP contribution in [-0.4, -0.2) is 12.5 Å². The van der Waals surface area contributed by atoms with E-state index in [-0.39, 0.29) is 34.8 Å². The van der Waals surface area contributed by atoms with E-state index >= 15 is 0 Å². The van der Waals surface area contributed by atoms with Crippen molar-refractivity contribution < 1.29 is 18.0 Å². The van der Waals surface area contributed by atoms with Gasteiger partial charge in [0.2, 0.25) is 6.41 Å². The van der Waals surface area contributed by atoms with Gasteiger partial charge in [0.05, 0.1) is 10.7 Å². The summed E-state index contributed by atoms with van der Waals surface area (Å²) < 4.78 is 41.3. The Hall–Kier alpha value is -2.05. The van der Waals surface area contributed by atoms with E-state index in [9.17, 15) is 18.0 Å². The zero-order valence-corrected chi connectivity index (χ0v) is 14.5. The summed E-state index contributed by atoms with van der Waals surface area (Å²) in [6.45, 7) is 3.80. The molecule has 2 atom stereocenters. The summed E-state index contributed by atoms with van der Waals surface area (Å²) in [5, 5.41) is 5.33. The van der Waals surface area contributed by atoms with Crippen molar-refractivity contribution in [3.05, 3.63) is 63.9 Å². The van der Waals surface area contributed by atoms with Crippen LogP contribution >= 0.6 is 11.6 Å². The molecule has 2 aromatic rings. The van der Waals surface area contributed by atoms with Gasteiger partial charge in [-0.25, -0.2) is 13.2 Å². The largest absolute Gasteiger partial charge is 0.326 e. The number of amides is 1. The lowest BCUT2D eigenvalue weighted by Gasteiger charge is -2.23. The molecule has 7 heteroatoms. The third-order valence-electron chi connectivity index (χ3n) is 4.22. The smallest absolute Gasteiger partial charge is 0.211 e. The van der Waals surface area contributed by atoms with Crippen LogP contribution in [0.5, 0.6) is 0 Å². The summed E-state index contributed by atoms with van der Waals surface area (Å²) >= 11 is 5.72. The van der Waals surface area contributed by atoms with Crippen LogP contribution in [0, 0.1) is 17.5 Å². The number of rotatable bonds is 7. The normalized spacial score (nSPS) is 13.4. The van der Waals surface area contributed by atoms with Crippen LogP contribution in [0.25, 0.3) is 0 Å². The van der Waals surface area contributed by atoms with E-state index in [2.05, 4.69) is 10.6 Å². The van der Waals surface area contributed by atoms with Crippen molar-refractivity contribution in [2.45, 2.75) is 32.4 Å². The van der Waals surface area contributed by atoms with Crippen LogP contribution in [0.2, 0.25) is 5.02 Å². The summed E-state index contributed by atoms with van der Waals surface area (Å²) in [7, 11) is 0. The number of carbonyl (C=O) groups is 1. The van der Waals surface area contributed by atoms with Gasteiger partial charge in [-0.15, -0.1) is 0 Å². The lowest BCUT2D eigenvalue weighted by atomic mass is 9.93. The summed E-state index contributed by atoms with van der Waals surface area (Å²) in [5.74, 6) is -2.81. The Morgan fingerprint density at radius 2 is 1.84 bits per heavy atom. The highest BCUT2D eigenvalue weighted by Gasteiger charge is 2.20. The average molecular weight is 371 g/mol. The first kappa shape index (κ1) is 19.3. The van der Waals surface area contributed by atoms with Crippen LogP contribution < -0.4 is 10.6 Å². The van der Waals surface area contributed by atoms with E-state index in [0.717, 1.165) is 6.07 Å². The third-order valence-corrected chi connectivity index (χ3v) is 4.51. The Labute approximate surface area is 149 Å². The summed E-state index contributed by atoms with van der Waals surface area (Å²) in [5.41, 5.74) is 0.744. The fourth-order valence-corrected chi connectivity index (χ4v) is 2.70. The SMILES string of the molecule is CC(c1cccc(F)c1F)[C@H](C)NCc1ccc(Cl)c(F)c1NC=O. The molecule has 0 aliphatic heterocycles. The molecule has 0 spiro atoms. The highest BCUT2D eigenvalue weighted by atomic mass is 35.5. The Morgan fingerprint density at radius 3 is 2.52 bits per heavy atom. The second-order valence-corrected chi connectivity index (χ2v) is 6.17. The van der Waals surface area contributed by atoms with Crippen LogP contribution in [0.4, 0.5) is 18.9 Å². The van der Waals surface area contributed by atoms with Crippen molar-refractivity contribution in [2.24, 2.45) is 0 Å². The van der Waals surface area contributed by atoms with Gasteiger partial charge in [-0.3, -0.25) is 4.79 Å². The highest BCUT2D eigenvalue weighted by molar-refractivity contribution is 6.31. The quantitative estimate of drug-likeness (QED) is 0.699. The molecule has 0 saturated heterocycles. The number of nitrogens with one attached hydrogen (secondary N) is 2. The Morgan fingerprint density at radius 1 is 1.12 bits per heavy atom. The number of benzene rings is 2. The molecule has 3 nitrogen and oxygen atoms in total. The van der Waals surface area contributed by atoms with E-state index in [4.69, 9.17) is 11.6 Å². The molecule has 0 bridgehead atoms. The number of anilines is 1. The van der Waals surface area contributed by atoms with Gasteiger partial charge in [-0.2, -0.15) is 0 Å². The molecular weight excluding hydrogens is 353 g/mol. The number of carbonyl (C=O) groups excluding carboxylic acids is 1. The van der Waals surface area contributed by atoms with Gasteiger partial charge in [0.15, 0.2) is 17.5 Å². The van der Waals surface area contributed by atoms with Gasteiger partial charge >= 0.3 is 0 Å². The monoisotopic (exact) mass is 370 g/mol. The van der Waals surface area contributed by atoms with E-state index in [1.807, 2.05) is 6.92 Å². The minimum Gasteiger partial charge on any atom is -0.326 e. The molecule has 0 aromatic heterocycles. The van der Waals surface area contributed by atoms with Crippen molar-refractivity contribution in [1.82, 2.24) is 5.32 Å². The van der Waals surface area contributed by atoms with Crippen LogP contribution in [-0.2, 0) is 11.3 Å². The molecule has 1 unspecified atom stereocenters. The van der Waals surface area contributed by atoms with Gasteiger partial charge < -0.3 is 10.6 Å². The average Bonchev–Trinajstić information content (AvgIpc) is 2.60. The molecule has 0 radical (unpaired) electrons. The first-order valence-electron chi connectivity index (χ1n) is 7.71. The number of halogens is 4. The van der Waals surface area contributed by atoms with Crippen molar-refractivity contribution in [1.29, 1.82) is 0 Å². The zero-order chi connectivity index (χ0) is 18.6. The second-order valence-electron chi connectivity index (χ2n) is 5.76. The highest BCUT2D eigenvalue weighted by Crippen LogP contribution is 2.28. The summed E-state index contributed by atoms with van der Waals surface area (Å²) in [6, 6.07) is 6.80. The van der Waals surface area contributed by atoms with Crippen molar-refractivity contribution in [3.8, 4) is 0 Å². The minimum absolute atomic E-state index is 0.00760. The standard InChI is InChI=1S/C18H18ClF3N2O/c1-10(13-4-3-5-15(20)16(13)21)11(2)23-8-12-6-7-14(19)17(22)18(12)24-9-25/h3-7,9-11,23H,8H2,1-2H3,(H,24,25)/t10?,11-/m0/s1. The molecular formula is C18H18ClF3N2O. The van der Waals surface area contributed by atoms with Gasteiger partial charge in [0.1, 0.15) is 0 Å².